The zero-order valence-electron chi connectivity index (χ0n) is 25.7. The molecule has 4 aromatic carbocycles. The minimum atomic E-state index is 0.564. The van der Waals surface area contributed by atoms with Crippen LogP contribution in [0.2, 0.25) is 0 Å². The summed E-state index contributed by atoms with van der Waals surface area (Å²) in [5.41, 5.74) is 10.7. The molecule has 214 valence electrons. The number of benzene rings is 4. The Morgan fingerprint density at radius 1 is 0.814 bits per heavy atom. The first-order valence-electron chi connectivity index (χ1n) is 16.4. The van der Waals surface area contributed by atoms with Gasteiger partial charge in [-0.15, -0.1) is 5.56 Å². The summed E-state index contributed by atoms with van der Waals surface area (Å²) < 4.78 is 2.23. The Morgan fingerprint density at radius 2 is 1.49 bits per heavy atom. The topological polar surface area (TPSA) is 0 Å². The van der Waals surface area contributed by atoms with E-state index in [0.29, 0.717) is 11.3 Å². The van der Waals surface area contributed by atoms with Gasteiger partial charge in [0, 0.05) is 0 Å². The van der Waals surface area contributed by atoms with Crippen molar-refractivity contribution in [2.45, 2.75) is 65.2 Å². The zero-order valence-corrected chi connectivity index (χ0v) is 28.2. The summed E-state index contributed by atoms with van der Waals surface area (Å²) in [6.07, 6.45) is 17.8. The molecule has 1 atom stereocenters. The maximum absolute atomic E-state index is 3.57. The molecule has 6 aliphatic rings. The first-order valence-corrected chi connectivity index (χ1v) is 17.8. The molecule has 10 rings (SSSR count). The Balaban J connectivity index is 0.000000108. The van der Waals surface area contributed by atoms with Gasteiger partial charge in [-0.2, -0.15) is 41.5 Å². The number of allylic oxidation sites excluding steroid dienone is 4. The summed E-state index contributed by atoms with van der Waals surface area (Å²) in [7, 11) is 0. The molecule has 0 heterocycles. The van der Waals surface area contributed by atoms with Gasteiger partial charge in [-0.25, -0.2) is 5.57 Å². The van der Waals surface area contributed by atoms with Crippen LogP contribution >= 0.6 is 0 Å². The smallest absolute Gasteiger partial charge is 0.0253 e. The summed E-state index contributed by atoms with van der Waals surface area (Å²) in [6, 6.07) is 33.0. The van der Waals surface area contributed by atoms with Crippen molar-refractivity contribution in [3.8, 4) is 11.1 Å². The minimum absolute atomic E-state index is 0.564. The third-order valence-corrected chi connectivity index (χ3v) is 11.5. The van der Waals surface area contributed by atoms with E-state index in [1.54, 1.807) is 44.1 Å². The van der Waals surface area contributed by atoms with Crippen LogP contribution in [0.1, 0.15) is 75.5 Å². The molecule has 0 N–H and O–H groups in total. The van der Waals surface area contributed by atoms with E-state index in [2.05, 4.69) is 115 Å². The minimum Gasteiger partial charge on any atom is -0.179 e. The normalized spacial score (nSPS) is 27.3. The Bertz CT molecular complexity index is 1620. The molecule has 0 aliphatic heterocycles. The van der Waals surface area contributed by atoms with E-state index in [9.17, 15) is 0 Å². The van der Waals surface area contributed by atoms with Crippen LogP contribution in [0.5, 0.6) is 0 Å². The fraction of sp³-hybridized carbons (Fsp3) is 0.357. The van der Waals surface area contributed by atoms with Gasteiger partial charge in [0.2, 0.25) is 0 Å². The van der Waals surface area contributed by atoms with Gasteiger partial charge in [-0.05, 0) is 68.1 Å². The largest absolute Gasteiger partial charge is 0.179 e. The van der Waals surface area contributed by atoms with Gasteiger partial charge in [-0.1, -0.05) is 61.6 Å². The predicted molar refractivity (Wildman–Crippen MR) is 178 cm³/mol. The third-order valence-electron chi connectivity index (χ3n) is 10.7. The van der Waals surface area contributed by atoms with E-state index in [-0.39, 0.29) is 0 Å². The van der Waals surface area contributed by atoms with Gasteiger partial charge in [0.05, 0.1) is 0 Å². The second-order valence-corrected chi connectivity index (χ2v) is 14.7. The SMILES string of the molecule is CC1=[C-]C(C)C=C1CC12CC3CC(CC(C3)C1)C2.[Zr+2]=[CH]c1cccc2ccccc12.[c-]1cccc2c1Cc1ccccc1-2. The molecule has 6 aliphatic carbocycles. The van der Waals surface area contributed by atoms with E-state index >= 15 is 0 Å². The summed E-state index contributed by atoms with van der Waals surface area (Å²) in [4.78, 5) is 0. The molecule has 1 heteroatoms. The van der Waals surface area contributed by atoms with Crippen LogP contribution in [-0.2, 0) is 30.7 Å². The van der Waals surface area contributed by atoms with Gasteiger partial charge in [0.25, 0.3) is 0 Å². The van der Waals surface area contributed by atoms with E-state index in [0.717, 1.165) is 24.2 Å². The van der Waals surface area contributed by atoms with Gasteiger partial charge >= 0.3 is 86.7 Å². The van der Waals surface area contributed by atoms with Crippen molar-refractivity contribution in [1.82, 2.24) is 0 Å². The van der Waals surface area contributed by atoms with Gasteiger partial charge in [0.15, 0.2) is 0 Å². The van der Waals surface area contributed by atoms with Crippen molar-refractivity contribution >= 4 is 14.5 Å². The maximum atomic E-state index is 3.57. The van der Waals surface area contributed by atoms with Crippen molar-refractivity contribution < 1.29 is 24.2 Å². The molecule has 0 amide bonds. The van der Waals surface area contributed by atoms with Crippen LogP contribution in [0.4, 0.5) is 0 Å². The molecular weight excluding hydrogens is 596 g/mol. The van der Waals surface area contributed by atoms with Crippen LogP contribution in [0, 0.1) is 41.2 Å². The van der Waals surface area contributed by atoms with Gasteiger partial charge < -0.3 is 0 Å². The van der Waals surface area contributed by atoms with Crippen LogP contribution < -0.4 is 0 Å². The molecule has 4 bridgehead atoms. The van der Waals surface area contributed by atoms with Crippen molar-refractivity contribution in [2.24, 2.45) is 29.1 Å². The van der Waals surface area contributed by atoms with Crippen LogP contribution in [-0.4, -0.2) is 3.71 Å². The van der Waals surface area contributed by atoms with Crippen molar-refractivity contribution in [1.29, 1.82) is 0 Å². The molecule has 0 saturated heterocycles. The van der Waals surface area contributed by atoms with Crippen molar-refractivity contribution in [3.63, 3.8) is 0 Å². The number of fused-ring (bicyclic) bond motifs is 4. The average molecular weight is 638 g/mol. The Labute approximate surface area is 273 Å². The molecule has 0 spiro atoms. The Hall–Kier alpha value is -2.63. The quantitative estimate of drug-likeness (QED) is 0.173. The van der Waals surface area contributed by atoms with E-state index < -0.39 is 0 Å². The van der Waals surface area contributed by atoms with E-state index in [1.165, 1.54) is 74.8 Å². The first-order chi connectivity index (χ1) is 21.0. The second kappa shape index (κ2) is 12.4. The van der Waals surface area contributed by atoms with E-state index in [1.807, 2.05) is 6.07 Å². The molecule has 1 unspecified atom stereocenters. The molecule has 4 saturated carbocycles. The average Bonchev–Trinajstić information content (AvgIpc) is 3.54. The Morgan fingerprint density at radius 3 is 2.21 bits per heavy atom. The molecule has 4 fully saturated rings. The first kappa shape index (κ1) is 29.1. The number of rotatable bonds is 3. The van der Waals surface area contributed by atoms with Gasteiger partial charge in [0.1, 0.15) is 0 Å². The fourth-order valence-electron chi connectivity index (χ4n) is 9.38. The van der Waals surface area contributed by atoms with Crippen molar-refractivity contribution in [3.05, 3.63) is 131 Å². The van der Waals surface area contributed by atoms with Crippen LogP contribution in [0.25, 0.3) is 21.9 Å². The molecule has 0 nitrogen and oxygen atoms in total. The maximum Gasteiger partial charge on any atom is -0.0253 e. The summed E-state index contributed by atoms with van der Waals surface area (Å²) in [5.74, 6) is 3.82. The zero-order chi connectivity index (χ0) is 29.4. The second-order valence-electron chi connectivity index (χ2n) is 14.0. The standard InChI is InChI=1S/C18H25.C13H9.C11H8.Zr/c1-12-3-13(2)17(4-12)11-18-8-14-5-15(9-18)7-16(6-14)10-18;1-3-7-12-10(5-1)9-11-6-2-4-8-13(11)12;1-9-5-4-7-10-6-2-3-8-11(9)10;/h4,12,14-16H,5-11H2,1-2H3;1-5,7-8H,9H2;1-8H;/q2*-1;;+2. The van der Waals surface area contributed by atoms with Crippen LogP contribution in [0.15, 0.2) is 102 Å². The number of hydrogen-bond donors (Lipinski definition) is 0. The van der Waals surface area contributed by atoms with Crippen molar-refractivity contribution in [2.75, 3.05) is 0 Å². The molecular formula is C42H42Zr. The molecule has 0 radical (unpaired) electrons. The Kier molecular flexibility index (Phi) is 8.39. The molecule has 43 heavy (non-hydrogen) atoms. The summed E-state index contributed by atoms with van der Waals surface area (Å²) >= 11 is 1.46. The molecule has 0 aromatic heterocycles. The fourth-order valence-corrected chi connectivity index (χ4v) is 10.00. The summed E-state index contributed by atoms with van der Waals surface area (Å²) in [5, 5.41) is 2.69. The monoisotopic (exact) mass is 636 g/mol. The number of hydrogen-bond acceptors (Lipinski definition) is 0. The summed E-state index contributed by atoms with van der Waals surface area (Å²) in [6.45, 7) is 4.55. The van der Waals surface area contributed by atoms with E-state index in [4.69, 9.17) is 0 Å². The molecule has 4 aromatic rings. The van der Waals surface area contributed by atoms with Gasteiger partial charge in [-0.3, -0.25) is 6.08 Å². The third kappa shape index (κ3) is 6.17. The predicted octanol–water partition coefficient (Wildman–Crippen LogP) is 10.5. The van der Waals surface area contributed by atoms with Crippen LogP contribution in [0.3, 0.4) is 0 Å².